The van der Waals surface area contributed by atoms with Crippen LogP contribution >= 0.6 is 22.9 Å². The second-order valence-corrected chi connectivity index (χ2v) is 6.32. The van der Waals surface area contributed by atoms with E-state index < -0.39 is 18.5 Å². The zero-order valence-electron chi connectivity index (χ0n) is 12.7. The molecule has 8 heteroatoms. The Morgan fingerprint density at radius 2 is 2.00 bits per heavy atom. The molecule has 24 heavy (non-hydrogen) atoms. The van der Waals surface area contributed by atoms with Crippen LogP contribution in [0.3, 0.4) is 0 Å². The lowest BCUT2D eigenvalue weighted by molar-refractivity contribution is -0.141. The van der Waals surface area contributed by atoms with E-state index in [2.05, 4.69) is 5.32 Å². The maximum Gasteiger partial charge on any atom is 0.325 e. The van der Waals surface area contributed by atoms with Crippen molar-refractivity contribution in [2.45, 2.75) is 0 Å². The highest BCUT2D eigenvalue weighted by Gasteiger charge is 2.13. The predicted octanol–water partition coefficient (Wildman–Crippen LogP) is 2.57. The summed E-state index contributed by atoms with van der Waals surface area (Å²) in [6, 6.07) is 9.66. The van der Waals surface area contributed by atoms with Gasteiger partial charge in [0, 0.05) is 5.56 Å². The second kappa shape index (κ2) is 8.47. The van der Waals surface area contributed by atoms with Crippen molar-refractivity contribution in [1.82, 2.24) is 5.32 Å². The number of ether oxygens (including phenoxy) is 2. The molecule has 1 N–H and O–H groups in total. The fourth-order valence-electron chi connectivity index (χ4n) is 1.75. The average Bonchev–Trinajstić information content (AvgIpc) is 3.04. The van der Waals surface area contributed by atoms with Crippen LogP contribution in [0, 0.1) is 0 Å². The SMILES string of the molecule is COc1cccc(C(=O)NCC(=O)OCC(=O)c2ccc(Cl)s2)c1. The molecular formula is C16H14ClNO5S. The van der Waals surface area contributed by atoms with Crippen LogP contribution in [0.4, 0.5) is 0 Å². The largest absolute Gasteiger partial charge is 0.497 e. The lowest BCUT2D eigenvalue weighted by Crippen LogP contribution is -2.31. The molecule has 0 fully saturated rings. The molecule has 2 aromatic rings. The average molecular weight is 368 g/mol. The van der Waals surface area contributed by atoms with Gasteiger partial charge in [0.15, 0.2) is 6.61 Å². The van der Waals surface area contributed by atoms with Crippen molar-refractivity contribution >= 4 is 40.6 Å². The van der Waals surface area contributed by atoms with Gasteiger partial charge in [-0.25, -0.2) is 0 Å². The van der Waals surface area contributed by atoms with Crippen LogP contribution < -0.4 is 10.1 Å². The van der Waals surface area contributed by atoms with Crippen molar-refractivity contribution in [2.24, 2.45) is 0 Å². The molecule has 1 aromatic heterocycles. The number of hydrogen-bond acceptors (Lipinski definition) is 6. The number of nitrogens with one attached hydrogen (secondary N) is 1. The van der Waals surface area contributed by atoms with Crippen molar-refractivity contribution < 1.29 is 23.9 Å². The van der Waals surface area contributed by atoms with Crippen molar-refractivity contribution in [3.63, 3.8) is 0 Å². The molecule has 0 spiro atoms. The summed E-state index contributed by atoms with van der Waals surface area (Å²) >= 11 is 6.84. The van der Waals surface area contributed by atoms with Crippen LogP contribution in [-0.2, 0) is 9.53 Å². The number of carbonyl (C=O) groups excluding carboxylic acids is 3. The summed E-state index contributed by atoms with van der Waals surface area (Å²) in [5.74, 6) is -0.964. The molecule has 0 aliphatic carbocycles. The van der Waals surface area contributed by atoms with Crippen LogP contribution in [0.2, 0.25) is 4.34 Å². The van der Waals surface area contributed by atoms with Gasteiger partial charge in [-0.15, -0.1) is 11.3 Å². The highest BCUT2D eigenvalue weighted by atomic mass is 35.5. The van der Waals surface area contributed by atoms with Crippen LogP contribution in [0.1, 0.15) is 20.0 Å². The molecule has 0 atom stereocenters. The molecule has 0 saturated heterocycles. The van der Waals surface area contributed by atoms with Gasteiger partial charge in [-0.2, -0.15) is 0 Å². The zero-order valence-corrected chi connectivity index (χ0v) is 14.3. The maximum absolute atomic E-state index is 11.9. The second-order valence-electron chi connectivity index (χ2n) is 4.60. The van der Waals surface area contributed by atoms with E-state index in [0.29, 0.717) is 20.5 Å². The number of Topliss-reactive ketones (excluding diaryl/α,β-unsaturated/α-hetero) is 1. The molecule has 6 nitrogen and oxygen atoms in total. The molecule has 1 heterocycles. The fraction of sp³-hybridized carbons (Fsp3) is 0.188. The predicted molar refractivity (Wildman–Crippen MR) is 89.9 cm³/mol. The van der Waals surface area contributed by atoms with Crippen LogP contribution in [-0.4, -0.2) is 37.9 Å². The lowest BCUT2D eigenvalue weighted by atomic mass is 10.2. The smallest absolute Gasteiger partial charge is 0.325 e. The molecule has 0 unspecified atom stereocenters. The number of benzene rings is 1. The third kappa shape index (κ3) is 5.07. The molecule has 126 valence electrons. The van der Waals surface area contributed by atoms with Gasteiger partial charge in [-0.05, 0) is 30.3 Å². The van der Waals surface area contributed by atoms with Crippen LogP contribution in [0.15, 0.2) is 36.4 Å². The number of amides is 1. The fourth-order valence-corrected chi connectivity index (χ4v) is 2.72. The summed E-state index contributed by atoms with van der Waals surface area (Å²) in [6.45, 7) is -0.737. The van der Waals surface area contributed by atoms with Gasteiger partial charge in [0.25, 0.3) is 5.91 Å². The number of ketones is 1. The summed E-state index contributed by atoms with van der Waals surface area (Å²) in [7, 11) is 1.49. The topological polar surface area (TPSA) is 81.7 Å². The number of esters is 1. The molecule has 1 aromatic carbocycles. The number of rotatable bonds is 7. The van der Waals surface area contributed by atoms with Crippen molar-refractivity contribution in [1.29, 1.82) is 0 Å². The van der Waals surface area contributed by atoms with Crippen LogP contribution in [0.25, 0.3) is 0 Å². The van der Waals surface area contributed by atoms with Crippen LogP contribution in [0.5, 0.6) is 5.75 Å². The Labute approximate surface area is 147 Å². The van der Waals surface area contributed by atoms with Gasteiger partial charge in [0.2, 0.25) is 5.78 Å². The van der Waals surface area contributed by atoms with E-state index in [9.17, 15) is 14.4 Å². The van der Waals surface area contributed by atoms with Gasteiger partial charge in [0.05, 0.1) is 16.3 Å². The quantitative estimate of drug-likeness (QED) is 0.600. The first kappa shape index (κ1) is 18.0. The molecular weight excluding hydrogens is 354 g/mol. The van der Waals surface area contributed by atoms with Gasteiger partial charge in [0.1, 0.15) is 12.3 Å². The molecule has 0 saturated carbocycles. The molecule has 2 rings (SSSR count). The zero-order chi connectivity index (χ0) is 17.5. The first-order valence-electron chi connectivity index (χ1n) is 6.86. The molecule has 0 bridgehead atoms. The number of thiophene rings is 1. The molecule has 0 aliphatic rings. The summed E-state index contributed by atoms with van der Waals surface area (Å²) in [5.41, 5.74) is 0.353. The number of halogens is 1. The minimum atomic E-state index is -0.706. The highest BCUT2D eigenvalue weighted by Crippen LogP contribution is 2.21. The van der Waals surface area contributed by atoms with E-state index in [1.54, 1.807) is 36.4 Å². The lowest BCUT2D eigenvalue weighted by Gasteiger charge is -2.07. The Morgan fingerprint density at radius 3 is 2.67 bits per heavy atom. The van der Waals surface area contributed by atoms with E-state index in [1.807, 2.05) is 0 Å². The van der Waals surface area contributed by atoms with Crippen molar-refractivity contribution in [2.75, 3.05) is 20.3 Å². The monoisotopic (exact) mass is 367 g/mol. The Balaban J connectivity index is 1.78. The summed E-state index contributed by atoms with van der Waals surface area (Å²) in [5, 5.41) is 2.42. The normalized spacial score (nSPS) is 10.1. The number of methoxy groups -OCH3 is 1. The van der Waals surface area contributed by atoms with Gasteiger partial charge in [-0.3, -0.25) is 14.4 Å². The Hall–Kier alpha value is -2.38. The van der Waals surface area contributed by atoms with Gasteiger partial charge >= 0.3 is 5.97 Å². The van der Waals surface area contributed by atoms with Crippen molar-refractivity contribution in [3.05, 3.63) is 51.2 Å². The summed E-state index contributed by atoms with van der Waals surface area (Å²) in [4.78, 5) is 35.7. The Morgan fingerprint density at radius 1 is 1.21 bits per heavy atom. The van der Waals surface area contributed by atoms with Gasteiger partial charge in [-0.1, -0.05) is 17.7 Å². The summed E-state index contributed by atoms with van der Waals surface area (Å²) in [6.07, 6.45) is 0. The third-order valence-electron chi connectivity index (χ3n) is 2.94. The minimum absolute atomic E-state index is 0.339. The van der Waals surface area contributed by atoms with Crippen molar-refractivity contribution in [3.8, 4) is 5.75 Å². The maximum atomic E-state index is 11.9. The number of carbonyl (C=O) groups is 3. The first-order valence-corrected chi connectivity index (χ1v) is 8.05. The van der Waals surface area contributed by atoms with E-state index in [-0.39, 0.29) is 12.3 Å². The highest BCUT2D eigenvalue weighted by molar-refractivity contribution is 7.18. The van der Waals surface area contributed by atoms with E-state index in [4.69, 9.17) is 21.1 Å². The standard InChI is InChI=1S/C16H14ClNO5S/c1-22-11-4-2-3-10(7-11)16(21)18-8-15(20)23-9-12(19)13-5-6-14(17)24-13/h2-7H,8-9H2,1H3,(H,18,21). The van der Waals surface area contributed by atoms with E-state index in [0.717, 1.165) is 11.3 Å². The van der Waals surface area contributed by atoms with E-state index >= 15 is 0 Å². The number of hydrogen-bond donors (Lipinski definition) is 1. The first-order chi connectivity index (χ1) is 11.5. The molecule has 0 radical (unpaired) electrons. The Kier molecular flexibility index (Phi) is 6.34. The third-order valence-corrected chi connectivity index (χ3v) is 4.21. The molecule has 0 aliphatic heterocycles. The van der Waals surface area contributed by atoms with Gasteiger partial charge < -0.3 is 14.8 Å². The summed E-state index contributed by atoms with van der Waals surface area (Å²) < 4.78 is 10.3. The minimum Gasteiger partial charge on any atom is -0.497 e. The Bertz CT molecular complexity index is 758. The molecule has 1 amide bonds. The van der Waals surface area contributed by atoms with E-state index in [1.165, 1.54) is 7.11 Å².